The van der Waals surface area contributed by atoms with Gasteiger partial charge in [-0.15, -0.1) is 0 Å². The van der Waals surface area contributed by atoms with Crippen molar-refractivity contribution in [2.24, 2.45) is 0 Å². The summed E-state index contributed by atoms with van der Waals surface area (Å²) in [7, 11) is 0. The molecule has 0 aliphatic carbocycles. The summed E-state index contributed by atoms with van der Waals surface area (Å²) in [5.74, 6) is 0.620. The molecule has 0 radical (unpaired) electrons. The van der Waals surface area contributed by atoms with Gasteiger partial charge in [0.1, 0.15) is 5.82 Å². The number of halogens is 1. The van der Waals surface area contributed by atoms with Gasteiger partial charge in [0.15, 0.2) is 0 Å². The van der Waals surface area contributed by atoms with Crippen LogP contribution in [0, 0.1) is 10.1 Å². The molecule has 0 unspecified atom stereocenters. The molecule has 0 saturated carbocycles. The summed E-state index contributed by atoms with van der Waals surface area (Å²) in [6.07, 6.45) is 0. The molecule has 0 aliphatic heterocycles. The standard InChI is InChI=1S/C19H12BrN3O2S/c20-13-6-8-14(9-7-13)26-18-10-5-12(11-17(18)23(24)25)19-21-15-3-1-2-4-16(15)22-19/h1-11H,(H,21,22). The number of para-hydroxylation sites is 2. The predicted octanol–water partition coefficient (Wildman–Crippen LogP) is 6.05. The lowest BCUT2D eigenvalue weighted by molar-refractivity contribution is -0.387. The largest absolute Gasteiger partial charge is 0.338 e. The van der Waals surface area contributed by atoms with Crippen molar-refractivity contribution >= 4 is 44.4 Å². The third kappa shape index (κ3) is 3.36. The fourth-order valence-corrected chi connectivity index (χ4v) is 3.78. The van der Waals surface area contributed by atoms with E-state index < -0.39 is 0 Å². The summed E-state index contributed by atoms with van der Waals surface area (Å²) in [5, 5.41) is 11.6. The Morgan fingerprint density at radius 1 is 1.04 bits per heavy atom. The van der Waals surface area contributed by atoms with Gasteiger partial charge in [-0.3, -0.25) is 10.1 Å². The van der Waals surface area contributed by atoms with E-state index >= 15 is 0 Å². The minimum absolute atomic E-state index is 0.0656. The Kier molecular flexibility index (Phi) is 4.48. The van der Waals surface area contributed by atoms with Crippen LogP contribution in [0.4, 0.5) is 5.69 Å². The summed E-state index contributed by atoms with van der Waals surface area (Å²) in [5.41, 5.74) is 2.49. The Hall–Kier alpha value is -2.64. The molecule has 3 aromatic carbocycles. The van der Waals surface area contributed by atoms with E-state index in [0.717, 1.165) is 20.4 Å². The van der Waals surface area contributed by atoms with Gasteiger partial charge in [-0.25, -0.2) is 4.98 Å². The second-order valence-electron chi connectivity index (χ2n) is 5.60. The highest BCUT2D eigenvalue weighted by Crippen LogP contribution is 2.37. The summed E-state index contributed by atoms with van der Waals surface area (Å²) < 4.78 is 0.969. The molecule has 5 nitrogen and oxygen atoms in total. The van der Waals surface area contributed by atoms with Crippen molar-refractivity contribution in [1.29, 1.82) is 0 Å². The Bertz CT molecular complexity index is 1080. The first-order valence-corrected chi connectivity index (χ1v) is 9.38. The number of hydrogen-bond acceptors (Lipinski definition) is 4. The van der Waals surface area contributed by atoms with Gasteiger partial charge in [-0.1, -0.05) is 39.8 Å². The molecule has 0 amide bonds. The van der Waals surface area contributed by atoms with E-state index in [1.54, 1.807) is 12.1 Å². The van der Waals surface area contributed by atoms with E-state index in [4.69, 9.17) is 0 Å². The molecular weight excluding hydrogens is 414 g/mol. The van der Waals surface area contributed by atoms with Crippen molar-refractivity contribution in [3.8, 4) is 11.4 Å². The Balaban J connectivity index is 1.73. The van der Waals surface area contributed by atoms with Crippen molar-refractivity contribution in [3.05, 3.63) is 81.3 Å². The molecule has 7 heteroatoms. The Morgan fingerprint density at radius 2 is 1.81 bits per heavy atom. The minimum Gasteiger partial charge on any atom is -0.338 e. The molecule has 26 heavy (non-hydrogen) atoms. The van der Waals surface area contributed by atoms with Crippen molar-refractivity contribution in [2.75, 3.05) is 0 Å². The number of nitro groups is 1. The predicted molar refractivity (Wildman–Crippen MR) is 106 cm³/mol. The molecule has 1 heterocycles. The van der Waals surface area contributed by atoms with Gasteiger partial charge in [0.2, 0.25) is 0 Å². The monoisotopic (exact) mass is 425 g/mol. The van der Waals surface area contributed by atoms with Gasteiger partial charge in [0, 0.05) is 21.0 Å². The summed E-state index contributed by atoms with van der Waals surface area (Å²) in [6, 6.07) is 20.5. The van der Waals surface area contributed by atoms with Crippen LogP contribution in [-0.2, 0) is 0 Å². The van der Waals surface area contributed by atoms with Crippen molar-refractivity contribution in [3.63, 3.8) is 0 Å². The highest BCUT2D eigenvalue weighted by Gasteiger charge is 2.17. The van der Waals surface area contributed by atoms with Gasteiger partial charge in [0.05, 0.1) is 20.9 Å². The van der Waals surface area contributed by atoms with Crippen molar-refractivity contribution in [2.45, 2.75) is 9.79 Å². The average Bonchev–Trinajstić information content (AvgIpc) is 3.08. The van der Waals surface area contributed by atoms with Crippen LogP contribution in [0.1, 0.15) is 0 Å². The molecule has 128 valence electrons. The molecule has 0 saturated heterocycles. The zero-order valence-corrected chi connectivity index (χ0v) is 15.8. The topological polar surface area (TPSA) is 71.8 Å². The lowest BCUT2D eigenvalue weighted by atomic mass is 10.2. The number of fused-ring (bicyclic) bond motifs is 1. The van der Waals surface area contributed by atoms with E-state index in [0.29, 0.717) is 16.3 Å². The Labute approximate surface area is 161 Å². The Morgan fingerprint density at radius 3 is 2.54 bits per heavy atom. The quantitative estimate of drug-likeness (QED) is 0.319. The number of benzene rings is 3. The maximum atomic E-state index is 11.6. The first-order valence-electron chi connectivity index (χ1n) is 7.77. The summed E-state index contributed by atoms with van der Waals surface area (Å²) in [4.78, 5) is 20.5. The molecule has 4 aromatic rings. The van der Waals surface area contributed by atoms with Gasteiger partial charge >= 0.3 is 0 Å². The second kappa shape index (κ2) is 6.93. The van der Waals surface area contributed by atoms with Gasteiger partial charge in [-0.2, -0.15) is 0 Å². The van der Waals surface area contributed by atoms with Crippen LogP contribution in [0.3, 0.4) is 0 Å². The molecule has 1 N–H and O–H groups in total. The second-order valence-corrected chi connectivity index (χ2v) is 7.63. The van der Waals surface area contributed by atoms with E-state index in [1.807, 2.05) is 54.6 Å². The van der Waals surface area contributed by atoms with Crippen LogP contribution in [0.15, 0.2) is 81.0 Å². The smallest absolute Gasteiger partial charge is 0.283 e. The highest BCUT2D eigenvalue weighted by atomic mass is 79.9. The zero-order chi connectivity index (χ0) is 18.1. The number of nitro benzene ring substituents is 1. The fourth-order valence-electron chi connectivity index (χ4n) is 2.61. The third-order valence-electron chi connectivity index (χ3n) is 3.86. The van der Waals surface area contributed by atoms with Crippen molar-refractivity contribution in [1.82, 2.24) is 9.97 Å². The van der Waals surface area contributed by atoms with Crippen LogP contribution in [0.5, 0.6) is 0 Å². The van der Waals surface area contributed by atoms with Gasteiger partial charge in [-0.05, 0) is 48.5 Å². The SMILES string of the molecule is O=[N+]([O-])c1cc(-c2nc3ccccc3[nH]2)ccc1Sc1ccc(Br)cc1. The minimum atomic E-state index is -0.354. The molecule has 0 fully saturated rings. The molecule has 4 rings (SSSR count). The van der Waals surface area contributed by atoms with E-state index in [-0.39, 0.29) is 10.6 Å². The number of nitrogens with zero attached hydrogens (tertiary/aromatic N) is 2. The molecule has 0 aliphatic rings. The van der Waals surface area contributed by atoms with Crippen LogP contribution in [-0.4, -0.2) is 14.9 Å². The van der Waals surface area contributed by atoms with E-state index in [9.17, 15) is 10.1 Å². The highest BCUT2D eigenvalue weighted by molar-refractivity contribution is 9.10. The fraction of sp³-hybridized carbons (Fsp3) is 0. The van der Waals surface area contributed by atoms with Crippen molar-refractivity contribution < 1.29 is 4.92 Å². The molecule has 0 atom stereocenters. The van der Waals surface area contributed by atoms with Gasteiger partial charge in [0.25, 0.3) is 5.69 Å². The maximum Gasteiger partial charge on any atom is 0.283 e. The number of aromatic amines is 1. The van der Waals surface area contributed by atoms with Crippen LogP contribution < -0.4 is 0 Å². The number of hydrogen-bond donors (Lipinski definition) is 1. The number of H-pyrrole nitrogens is 1. The molecule has 0 bridgehead atoms. The number of rotatable bonds is 4. The average molecular weight is 426 g/mol. The van der Waals surface area contributed by atoms with Gasteiger partial charge < -0.3 is 4.98 Å². The van der Waals surface area contributed by atoms with Crippen LogP contribution >= 0.6 is 27.7 Å². The first kappa shape index (κ1) is 16.8. The molecular formula is C19H12BrN3O2S. The lowest BCUT2D eigenvalue weighted by Crippen LogP contribution is -1.92. The lowest BCUT2D eigenvalue weighted by Gasteiger charge is -2.05. The molecule has 0 spiro atoms. The number of imidazole rings is 1. The maximum absolute atomic E-state index is 11.6. The number of nitrogens with one attached hydrogen (secondary N) is 1. The molecule has 1 aromatic heterocycles. The van der Waals surface area contributed by atoms with E-state index in [1.165, 1.54) is 11.8 Å². The first-order chi connectivity index (χ1) is 12.6. The summed E-state index contributed by atoms with van der Waals surface area (Å²) in [6.45, 7) is 0. The van der Waals surface area contributed by atoms with Crippen LogP contribution in [0.2, 0.25) is 0 Å². The van der Waals surface area contributed by atoms with E-state index in [2.05, 4.69) is 25.9 Å². The third-order valence-corrected chi connectivity index (χ3v) is 5.46. The number of aromatic nitrogens is 2. The summed E-state index contributed by atoms with van der Waals surface area (Å²) >= 11 is 4.76. The zero-order valence-electron chi connectivity index (χ0n) is 13.3. The normalized spacial score (nSPS) is 11.0. The van der Waals surface area contributed by atoms with Crippen LogP contribution in [0.25, 0.3) is 22.4 Å².